The summed E-state index contributed by atoms with van der Waals surface area (Å²) in [6, 6.07) is 6.19. The number of nitro benzene ring substituents is 1. The Balaban J connectivity index is 2.54. The van der Waals surface area contributed by atoms with E-state index in [-0.39, 0.29) is 18.0 Å². The van der Waals surface area contributed by atoms with Crippen molar-refractivity contribution in [3.05, 3.63) is 39.9 Å². The standard InChI is InChI=1S/C14H23N2O6P/c15-9-10-22-14(4-2-1-3-11-23(19,20)21)12-5-7-13(8-6-12)16(17)18/h5-8,14H,1-4,9-11,15H2,(H2,19,20,21). The fourth-order valence-electron chi connectivity index (χ4n) is 2.19. The maximum Gasteiger partial charge on any atom is 0.325 e. The zero-order chi connectivity index (χ0) is 17.3. The molecule has 9 heteroatoms. The van der Waals surface area contributed by atoms with Crippen LogP contribution in [0.15, 0.2) is 24.3 Å². The van der Waals surface area contributed by atoms with Gasteiger partial charge in [0.15, 0.2) is 0 Å². The zero-order valence-electron chi connectivity index (χ0n) is 12.8. The van der Waals surface area contributed by atoms with Gasteiger partial charge in [0.05, 0.1) is 17.6 Å². The number of unbranched alkanes of at least 4 members (excludes halogenated alkanes) is 2. The largest absolute Gasteiger partial charge is 0.372 e. The lowest BCUT2D eigenvalue weighted by molar-refractivity contribution is -0.384. The molecule has 0 saturated carbocycles. The summed E-state index contributed by atoms with van der Waals surface area (Å²) >= 11 is 0. The van der Waals surface area contributed by atoms with Crippen LogP contribution < -0.4 is 5.73 Å². The fourth-order valence-corrected chi connectivity index (χ4v) is 2.83. The molecule has 1 aromatic carbocycles. The second kappa shape index (κ2) is 9.75. The second-order valence-electron chi connectivity index (χ2n) is 5.23. The molecule has 0 spiro atoms. The highest BCUT2D eigenvalue weighted by Crippen LogP contribution is 2.36. The van der Waals surface area contributed by atoms with E-state index in [1.807, 2.05) is 0 Å². The van der Waals surface area contributed by atoms with Crippen LogP contribution in [0.25, 0.3) is 0 Å². The number of nitrogens with two attached hydrogens (primary N) is 1. The van der Waals surface area contributed by atoms with E-state index in [4.69, 9.17) is 20.3 Å². The van der Waals surface area contributed by atoms with Crippen molar-refractivity contribution in [1.29, 1.82) is 0 Å². The summed E-state index contributed by atoms with van der Waals surface area (Å²) in [5.74, 6) is 0. The van der Waals surface area contributed by atoms with Crippen molar-refractivity contribution in [2.24, 2.45) is 5.73 Å². The lowest BCUT2D eigenvalue weighted by atomic mass is 10.0. The van der Waals surface area contributed by atoms with Crippen molar-refractivity contribution in [2.75, 3.05) is 19.3 Å². The van der Waals surface area contributed by atoms with Gasteiger partial charge in [-0.25, -0.2) is 0 Å². The van der Waals surface area contributed by atoms with Crippen molar-refractivity contribution < 1.29 is 24.0 Å². The molecule has 8 nitrogen and oxygen atoms in total. The molecular weight excluding hydrogens is 323 g/mol. The van der Waals surface area contributed by atoms with E-state index in [1.165, 1.54) is 12.1 Å². The van der Waals surface area contributed by atoms with E-state index < -0.39 is 12.5 Å². The van der Waals surface area contributed by atoms with Crippen LogP contribution in [0.3, 0.4) is 0 Å². The van der Waals surface area contributed by atoms with Gasteiger partial charge >= 0.3 is 7.60 Å². The van der Waals surface area contributed by atoms with E-state index in [0.717, 1.165) is 12.0 Å². The Hall–Kier alpha value is -1.31. The van der Waals surface area contributed by atoms with E-state index in [0.29, 0.717) is 32.4 Å². The van der Waals surface area contributed by atoms with Gasteiger partial charge in [0, 0.05) is 24.8 Å². The zero-order valence-corrected chi connectivity index (χ0v) is 13.7. The minimum Gasteiger partial charge on any atom is -0.372 e. The van der Waals surface area contributed by atoms with Crippen LogP contribution in [0.5, 0.6) is 0 Å². The Bertz CT molecular complexity index is 531. The average Bonchev–Trinajstić information content (AvgIpc) is 2.49. The van der Waals surface area contributed by atoms with E-state index in [2.05, 4.69) is 0 Å². The molecule has 1 atom stereocenters. The topological polar surface area (TPSA) is 136 Å². The van der Waals surface area contributed by atoms with Gasteiger partial charge in [-0.1, -0.05) is 12.8 Å². The van der Waals surface area contributed by atoms with Gasteiger partial charge in [-0.05, 0) is 30.5 Å². The molecule has 0 amide bonds. The summed E-state index contributed by atoms with van der Waals surface area (Å²) in [6.07, 6.45) is 2.20. The molecule has 1 rings (SSSR count). The van der Waals surface area contributed by atoms with Crippen LogP contribution in [-0.4, -0.2) is 34.0 Å². The van der Waals surface area contributed by atoms with Crippen molar-refractivity contribution in [3.8, 4) is 0 Å². The first-order valence-corrected chi connectivity index (χ1v) is 9.24. The Labute approximate surface area is 135 Å². The molecule has 1 aromatic rings. The quantitative estimate of drug-likeness (QED) is 0.242. The van der Waals surface area contributed by atoms with Gasteiger partial charge in [0.2, 0.25) is 0 Å². The third kappa shape index (κ3) is 8.20. The molecule has 0 aromatic heterocycles. The molecule has 0 saturated heterocycles. The molecule has 4 N–H and O–H groups in total. The van der Waals surface area contributed by atoms with Gasteiger partial charge in [0.25, 0.3) is 5.69 Å². The summed E-state index contributed by atoms with van der Waals surface area (Å²) in [4.78, 5) is 27.8. The molecule has 0 aliphatic rings. The lowest BCUT2D eigenvalue weighted by Gasteiger charge is -2.18. The highest BCUT2D eigenvalue weighted by atomic mass is 31.2. The number of nitro groups is 1. The van der Waals surface area contributed by atoms with Crippen molar-refractivity contribution in [2.45, 2.75) is 31.8 Å². The van der Waals surface area contributed by atoms with E-state index in [9.17, 15) is 14.7 Å². The van der Waals surface area contributed by atoms with Crippen molar-refractivity contribution in [1.82, 2.24) is 0 Å². The Morgan fingerprint density at radius 3 is 2.39 bits per heavy atom. The monoisotopic (exact) mass is 346 g/mol. The molecule has 0 aliphatic heterocycles. The number of hydrogen-bond donors (Lipinski definition) is 3. The summed E-state index contributed by atoms with van der Waals surface area (Å²) in [5.41, 5.74) is 6.30. The molecule has 0 bridgehead atoms. The third-order valence-electron chi connectivity index (χ3n) is 3.33. The lowest BCUT2D eigenvalue weighted by Crippen LogP contribution is -2.13. The predicted molar refractivity (Wildman–Crippen MR) is 86.2 cm³/mol. The molecule has 0 aliphatic carbocycles. The van der Waals surface area contributed by atoms with Crippen molar-refractivity contribution >= 4 is 13.3 Å². The Morgan fingerprint density at radius 2 is 1.87 bits per heavy atom. The fraction of sp³-hybridized carbons (Fsp3) is 0.571. The molecule has 1 unspecified atom stereocenters. The SMILES string of the molecule is NCCOC(CCCCCP(=O)(O)O)c1ccc([N+](=O)[O-])cc1. The highest BCUT2D eigenvalue weighted by molar-refractivity contribution is 7.51. The number of nitrogens with zero attached hydrogens (tertiary/aromatic N) is 1. The van der Waals surface area contributed by atoms with Crippen LogP contribution in [0, 0.1) is 10.1 Å². The maximum absolute atomic E-state index is 10.8. The average molecular weight is 346 g/mol. The summed E-state index contributed by atoms with van der Waals surface area (Å²) in [7, 11) is -3.93. The molecule has 23 heavy (non-hydrogen) atoms. The number of ether oxygens (including phenoxy) is 1. The Kier molecular flexibility index (Phi) is 8.36. The highest BCUT2D eigenvalue weighted by Gasteiger charge is 2.15. The molecule has 130 valence electrons. The minimum absolute atomic E-state index is 0.0213. The third-order valence-corrected chi connectivity index (χ3v) is 4.23. The number of benzene rings is 1. The normalized spacial score (nSPS) is 13.0. The Morgan fingerprint density at radius 1 is 1.22 bits per heavy atom. The number of hydrogen-bond acceptors (Lipinski definition) is 5. The first-order chi connectivity index (χ1) is 10.8. The maximum atomic E-state index is 10.8. The molecule has 0 radical (unpaired) electrons. The van der Waals surface area contributed by atoms with Crippen LogP contribution in [0.1, 0.15) is 37.4 Å². The van der Waals surface area contributed by atoms with E-state index >= 15 is 0 Å². The van der Waals surface area contributed by atoms with Crippen LogP contribution in [0.4, 0.5) is 5.69 Å². The van der Waals surface area contributed by atoms with Crippen LogP contribution in [0.2, 0.25) is 0 Å². The van der Waals surface area contributed by atoms with Gasteiger partial charge in [-0.15, -0.1) is 0 Å². The minimum atomic E-state index is -3.93. The number of non-ortho nitro benzene ring substituents is 1. The first-order valence-electron chi connectivity index (χ1n) is 7.44. The predicted octanol–water partition coefficient (Wildman–Crippen LogP) is 2.35. The molecule has 0 heterocycles. The summed E-state index contributed by atoms with van der Waals surface area (Å²) in [5, 5.41) is 10.7. The molecule has 0 fully saturated rings. The first kappa shape index (κ1) is 19.7. The van der Waals surface area contributed by atoms with Crippen LogP contribution in [-0.2, 0) is 9.30 Å². The summed E-state index contributed by atoms with van der Waals surface area (Å²) < 4.78 is 16.5. The van der Waals surface area contributed by atoms with Gasteiger partial charge in [-0.2, -0.15) is 0 Å². The molecular formula is C14H23N2O6P. The van der Waals surface area contributed by atoms with Gasteiger partial charge < -0.3 is 20.3 Å². The van der Waals surface area contributed by atoms with Crippen molar-refractivity contribution in [3.63, 3.8) is 0 Å². The number of rotatable bonds is 11. The van der Waals surface area contributed by atoms with Gasteiger partial charge in [-0.3, -0.25) is 14.7 Å². The van der Waals surface area contributed by atoms with Crippen LogP contribution >= 0.6 is 7.60 Å². The smallest absolute Gasteiger partial charge is 0.325 e. The second-order valence-corrected chi connectivity index (χ2v) is 7.01. The van der Waals surface area contributed by atoms with E-state index in [1.54, 1.807) is 12.1 Å². The van der Waals surface area contributed by atoms with Gasteiger partial charge in [0.1, 0.15) is 0 Å². The summed E-state index contributed by atoms with van der Waals surface area (Å²) in [6.45, 7) is 0.756.